The topological polar surface area (TPSA) is 72.0 Å². The summed E-state index contributed by atoms with van der Waals surface area (Å²) in [5.74, 6) is 0.749. The molecule has 1 atom stereocenters. The minimum atomic E-state index is -4.46. The van der Waals surface area contributed by atoms with E-state index in [2.05, 4.69) is 25.5 Å². The lowest BCUT2D eigenvalue weighted by Crippen LogP contribution is -2.44. The fourth-order valence-corrected chi connectivity index (χ4v) is 2.30. The zero-order valence-electron chi connectivity index (χ0n) is 12.2. The smallest absolute Gasteiger partial charge is 0.337 e. The summed E-state index contributed by atoms with van der Waals surface area (Å²) >= 11 is 0. The summed E-state index contributed by atoms with van der Waals surface area (Å²) in [6.07, 6.45) is -3.22. The van der Waals surface area contributed by atoms with Crippen molar-refractivity contribution < 1.29 is 17.7 Å². The largest absolute Gasteiger partial charge is 0.435 e. The molecule has 3 rings (SSSR count). The molecule has 128 valence electrons. The standard InChI is InChI=1S/C12H15F3N6O.ClH/c1-20-5-3-16-6-8(20)11-17-10(22-19-11)7-21-4-2-9(18-21)12(13,14)15;/h2,4,8,16H,3,5-7H2,1H3;1H. The van der Waals surface area contributed by atoms with E-state index in [1.54, 1.807) is 0 Å². The third kappa shape index (κ3) is 4.01. The van der Waals surface area contributed by atoms with Gasteiger partial charge in [0.05, 0.1) is 6.04 Å². The molecule has 2 aromatic heterocycles. The second-order valence-corrected chi connectivity index (χ2v) is 5.14. The van der Waals surface area contributed by atoms with Crippen LogP contribution >= 0.6 is 12.4 Å². The van der Waals surface area contributed by atoms with Gasteiger partial charge in [0.15, 0.2) is 11.5 Å². The van der Waals surface area contributed by atoms with E-state index in [-0.39, 0.29) is 30.9 Å². The zero-order valence-corrected chi connectivity index (χ0v) is 13.1. The highest BCUT2D eigenvalue weighted by molar-refractivity contribution is 5.85. The Hall–Kier alpha value is -1.65. The molecule has 0 aromatic carbocycles. The van der Waals surface area contributed by atoms with Gasteiger partial charge in [-0.2, -0.15) is 23.3 Å². The van der Waals surface area contributed by atoms with Gasteiger partial charge in [-0.3, -0.25) is 9.58 Å². The number of aromatic nitrogens is 4. The van der Waals surface area contributed by atoms with E-state index in [1.807, 2.05) is 7.05 Å². The van der Waals surface area contributed by atoms with Gasteiger partial charge in [0.2, 0.25) is 5.89 Å². The van der Waals surface area contributed by atoms with E-state index in [0.29, 0.717) is 12.4 Å². The van der Waals surface area contributed by atoms with Gasteiger partial charge in [0.25, 0.3) is 0 Å². The van der Waals surface area contributed by atoms with Gasteiger partial charge in [-0.15, -0.1) is 12.4 Å². The van der Waals surface area contributed by atoms with Gasteiger partial charge in [-0.25, -0.2) is 0 Å². The maximum absolute atomic E-state index is 12.5. The van der Waals surface area contributed by atoms with E-state index >= 15 is 0 Å². The van der Waals surface area contributed by atoms with E-state index in [1.165, 1.54) is 6.20 Å². The van der Waals surface area contributed by atoms with Gasteiger partial charge >= 0.3 is 6.18 Å². The van der Waals surface area contributed by atoms with Crippen LogP contribution in [0, 0.1) is 0 Å². The molecule has 0 spiro atoms. The van der Waals surface area contributed by atoms with Gasteiger partial charge in [-0.05, 0) is 13.1 Å². The fraction of sp³-hybridized carbons (Fsp3) is 0.583. The highest BCUT2D eigenvalue weighted by atomic mass is 35.5. The molecule has 1 unspecified atom stereocenters. The number of hydrogen-bond donors (Lipinski definition) is 1. The molecule has 3 heterocycles. The van der Waals surface area contributed by atoms with E-state index < -0.39 is 11.9 Å². The average molecular weight is 353 g/mol. The SMILES string of the molecule is CN1CCNCC1c1noc(Cn2ccc(C(F)(F)F)n2)n1.Cl. The van der Waals surface area contributed by atoms with Crippen LogP contribution in [-0.2, 0) is 12.7 Å². The predicted octanol–water partition coefficient (Wildman–Crippen LogP) is 1.33. The fourth-order valence-electron chi connectivity index (χ4n) is 2.30. The number of hydrogen-bond acceptors (Lipinski definition) is 6. The van der Waals surface area contributed by atoms with Crippen LogP contribution in [0.4, 0.5) is 13.2 Å². The third-order valence-electron chi connectivity index (χ3n) is 3.52. The van der Waals surface area contributed by atoms with Crippen molar-refractivity contribution in [3.05, 3.63) is 29.7 Å². The van der Waals surface area contributed by atoms with Crippen molar-refractivity contribution in [3.63, 3.8) is 0 Å². The molecule has 0 aliphatic carbocycles. The van der Waals surface area contributed by atoms with Crippen molar-refractivity contribution in [2.45, 2.75) is 18.8 Å². The zero-order chi connectivity index (χ0) is 15.7. The van der Waals surface area contributed by atoms with Crippen LogP contribution in [0.2, 0.25) is 0 Å². The predicted molar refractivity (Wildman–Crippen MR) is 76.1 cm³/mol. The summed E-state index contributed by atoms with van der Waals surface area (Å²) in [4.78, 5) is 6.35. The summed E-state index contributed by atoms with van der Waals surface area (Å²) in [5.41, 5.74) is -0.941. The van der Waals surface area contributed by atoms with Crippen LogP contribution in [0.25, 0.3) is 0 Å². The lowest BCUT2D eigenvalue weighted by Gasteiger charge is -2.30. The Labute approximate surface area is 136 Å². The number of nitrogens with one attached hydrogen (secondary N) is 1. The molecule has 7 nitrogen and oxygen atoms in total. The second-order valence-electron chi connectivity index (χ2n) is 5.14. The highest BCUT2D eigenvalue weighted by Gasteiger charge is 2.33. The molecule has 0 saturated carbocycles. The normalized spacial score (nSPS) is 19.6. The molecule has 1 N–H and O–H groups in total. The number of likely N-dealkylation sites (N-methyl/N-ethyl adjacent to an activating group) is 1. The van der Waals surface area contributed by atoms with Gasteiger partial charge in [0.1, 0.15) is 6.54 Å². The van der Waals surface area contributed by atoms with Crippen LogP contribution in [0.1, 0.15) is 23.5 Å². The Kier molecular flexibility index (Phi) is 5.27. The molecule has 0 bridgehead atoms. The Balaban J connectivity index is 0.00000192. The molecule has 1 aliphatic rings. The Morgan fingerprint density at radius 1 is 1.43 bits per heavy atom. The number of rotatable bonds is 3. The maximum atomic E-state index is 12.5. The first-order valence-corrected chi connectivity index (χ1v) is 6.77. The molecule has 1 saturated heterocycles. The first kappa shape index (κ1) is 17.7. The van der Waals surface area contributed by atoms with Crippen LogP contribution in [-0.4, -0.2) is 51.5 Å². The highest BCUT2D eigenvalue weighted by Crippen LogP contribution is 2.27. The summed E-state index contributed by atoms with van der Waals surface area (Å²) in [6, 6.07) is 0.908. The Morgan fingerprint density at radius 2 is 2.22 bits per heavy atom. The molecule has 1 fully saturated rings. The monoisotopic (exact) mass is 352 g/mol. The van der Waals surface area contributed by atoms with Crippen LogP contribution in [0.15, 0.2) is 16.8 Å². The molecule has 11 heteroatoms. The molecule has 0 radical (unpaired) electrons. The summed E-state index contributed by atoms with van der Waals surface area (Å²) in [5, 5.41) is 10.6. The minimum Gasteiger partial charge on any atom is -0.337 e. The molecule has 23 heavy (non-hydrogen) atoms. The molecular weight excluding hydrogens is 337 g/mol. The molecule has 0 amide bonds. The first-order chi connectivity index (χ1) is 10.4. The average Bonchev–Trinajstić information content (AvgIpc) is 3.09. The Bertz CT molecular complexity index is 643. The maximum Gasteiger partial charge on any atom is 0.435 e. The van der Waals surface area contributed by atoms with E-state index in [9.17, 15) is 13.2 Å². The van der Waals surface area contributed by atoms with Crippen molar-refractivity contribution >= 4 is 12.4 Å². The van der Waals surface area contributed by atoms with Crippen molar-refractivity contribution in [1.29, 1.82) is 0 Å². The van der Waals surface area contributed by atoms with Crippen LogP contribution in [0.5, 0.6) is 0 Å². The van der Waals surface area contributed by atoms with Crippen LogP contribution in [0.3, 0.4) is 0 Å². The lowest BCUT2D eigenvalue weighted by molar-refractivity contribution is -0.141. The number of halogens is 4. The molecule has 1 aliphatic heterocycles. The first-order valence-electron chi connectivity index (χ1n) is 6.77. The quantitative estimate of drug-likeness (QED) is 0.898. The van der Waals surface area contributed by atoms with E-state index in [0.717, 1.165) is 23.8 Å². The van der Waals surface area contributed by atoms with Crippen molar-refractivity contribution in [1.82, 2.24) is 30.1 Å². The van der Waals surface area contributed by atoms with E-state index in [4.69, 9.17) is 4.52 Å². The van der Waals surface area contributed by atoms with Crippen molar-refractivity contribution in [2.24, 2.45) is 0 Å². The number of alkyl halides is 3. The Morgan fingerprint density at radius 3 is 2.87 bits per heavy atom. The summed E-state index contributed by atoms with van der Waals surface area (Å²) in [7, 11) is 1.96. The number of piperazine rings is 1. The minimum absolute atomic E-state index is 0. The van der Waals surface area contributed by atoms with Gasteiger partial charge < -0.3 is 9.84 Å². The van der Waals surface area contributed by atoms with Gasteiger partial charge in [0, 0.05) is 25.8 Å². The van der Waals surface area contributed by atoms with Gasteiger partial charge in [-0.1, -0.05) is 5.16 Å². The number of nitrogens with zero attached hydrogens (tertiary/aromatic N) is 5. The second kappa shape index (κ2) is 6.85. The lowest BCUT2D eigenvalue weighted by atomic mass is 10.2. The summed E-state index contributed by atoms with van der Waals surface area (Å²) in [6.45, 7) is 2.47. The molecule has 2 aromatic rings. The van der Waals surface area contributed by atoms with Crippen molar-refractivity contribution in [2.75, 3.05) is 26.7 Å². The molecular formula is C12H16ClF3N6O. The summed E-state index contributed by atoms with van der Waals surface area (Å²) < 4.78 is 43.7. The van der Waals surface area contributed by atoms with Crippen molar-refractivity contribution in [3.8, 4) is 0 Å². The van der Waals surface area contributed by atoms with Crippen LogP contribution < -0.4 is 5.32 Å². The third-order valence-corrected chi connectivity index (χ3v) is 3.52.